The quantitative estimate of drug-likeness (QED) is 0.536. The molecule has 0 saturated carbocycles. The molecular formula is C20H22ClN3O2S2. The molecule has 2 aliphatic rings. The Balaban J connectivity index is 1.62. The van der Waals surface area contributed by atoms with Crippen molar-refractivity contribution >= 4 is 41.0 Å². The Labute approximate surface area is 177 Å². The van der Waals surface area contributed by atoms with Crippen LogP contribution in [0.1, 0.15) is 31.4 Å². The third-order valence-corrected chi connectivity index (χ3v) is 7.32. The summed E-state index contributed by atoms with van der Waals surface area (Å²) in [6, 6.07) is 7.16. The lowest BCUT2D eigenvalue weighted by Crippen LogP contribution is -2.33. The third kappa shape index (κ3) is 4.26. The highest BCUT2D eigenvalue weighted by Crippen LogP contribution is 2.30. The van der Waals surface area contributed by atoms with E-state index in [1.54, 1.807) is 28.5 Å². The van der Waals surface area contributed by atoms with Crippen molar-refractivity contribution in [1.82, 2.24) is 14.5 Å². The maximum Gasteiger partial charge on any atom is 0.272 e. The van der Waals surface area contributed by atoms with E-state index in [4.69, 9.17) is 16.6 Å². The number of nitrogens with zero attached hydrogens (tertiary/aromatic N) is 3. The number of hydrogen-bond acceptors (Lipinski definition) is 5. The van der Waals surface area contributed by atoms with Crippen molar-refractivity contribution in [2.24, 2.45) is 0 Å². The van der Waals surface area contributed by atoms with Gasteiger partial charge >= 0.3 is 0 Å². The van der Waals surface area contributed by atoms with Crippen LogP contribution in [0, 0.1) is 0 Å². The van der Waals surface area contributed by atoms with Crippen LogP contribution in [0.4, 0.5) is 0 Å². The summed E-state index contributed by atoms with van der Waals surface area (Å²) < 4.78 is 1.62. The van der Waals surface area contributed by atoms with Gasteiger partial charge in [-0.3, -0.25) is 14.2 Å². The van der Waals surface area contributed by atoms with Gasteiger partial charge in [-0.15, -0.1) is 11.8 Å². The minimum atomic E-state index is -0.0560. The summed E-state index contributed by atoms with van der Waals surface area (Å²) in [7, 11) is 0. The van der Waals surface area contributed by atoms with E-state index in [0.29, 0.717) is 15.9 Å². The number of likely N-dealkylation sites (tertiary alicyclic amines) is 1. The molecule has 28 heavy (non-hydrogen) atoms. The smallest absolute Gasteiger partial charge is 0.272 e. The maximum atomic E-state index is 13.1. The number of thioether (sulfide) groups is 2. The summed E-state index contributed by atoms with van der Waals surface area (Å²) in [5, 5.41) is 1.20. The number of hydrogen-bond donors (Lipinski definition) is 0. The average Bonchev–Trinajstić information content (AvgIpc) is 3.00. The van der Waals surface area contributed by atoms with E-state index < -0.39 is 0 Å². The lowest BCUT2D eigenvalue weighted by Gasteiger charge is -2.20. The Kier molecular flexibility index (Phi) is 6.33. The van der Waals surface area contributed by atoms with Crippen molar-refractivity contribution in [2.45, 2.75) is 42.2 Å². The number of carbonyl (C=O) groups is 1. The molecular weight excluding hydrogens is 414 g/mol. The summed E-state index contributed by atoms with van der Waals surface area (Å²) in [5.74, 6) is 1.30. The monoisotopic (exact) mass is 435 g/mol. The Morgan fingerprint density at radius 2 is 1.86 bits per heavy atom. The van der Waals surface area contributed by atoms with Gasteiger partial charge in [0, 0.05) is 30.3 Å². The van der Waals surface area contributed by atoms with Gasteiger partial charge in [0.1, 0.15) is 0 Å². The molecule has 0 spiro atoms. The molecule has 0 N–H and O–H groups in total. The Morgan fingerprint density at radius 3 is 2.57 bits per heavy atom. The fourth-order valence-electron chi connectivity index (χ4n) is 3.54. The van der Waals surface area contributed by atoms with E-state index in [0.717, 1.165) is 54.4 Å². The van der Waals surface area contributed by atoms with Crippen LogP contribution in [0.3, 0.4) is 0 Å². The van der Waals surface area contributed by atoms with Crippen LogP contribution in [0.15, 0.2) is 39.1 Å². The Morgan fingerprint density at radius 1 is 1.14 bits per heavy atom. The number of rotatable bonds is 4. The van der Waals surface area contributed by atoms with Crippen molar-refractivity contribution in [3.63, 3.8) is 0 Å². The molecule has 4 rings (SSSR count). The SMILES string of the molecule is O=C(CSc1nc2c(c(=O)n1-c1ccc(Cl)cc1)SCC2)N1CCCCCC1. The summed E-state index contributed by atoms with van der Waals surface area (Å²) in [4.78, 5) is 33.2. The second-order valence-corrected chi connectivity index (χ2v) is 9.45. The number of amides is 1. The summed E-state index contributed by atoms with van der Waals surface area (Å²) >= 11 is 8.92. The first-order chi connectivity index (χ1) is 13.6. The van der Waals surface area contributed by atoms with Gasteiger partial charge < -0.3 is 4.90 Å². The van der Waals surface area contributed by atoms with Gasteiger partial charge in [-0.2, -0.15) is 0 Å². The zero-order valence-electron chi connectivity index (χ0n) is 15.5. The van der Waals surface area contributed by atoms with Gasteiger partial charge in [-0.05, 0) is 37.1 Å². The highest BCUT2D eigenvalue weighted by atomic mass is 35.5. The summed E-state index contributed by atoms with van der Waals surface area (Å²) in [6.45, 7) is 1.66. The van der Waals surface area contributed by atoms with Gasteiger partial charge in [0.2, 0.25) is 5.91 Å². The van der Waals surface area contributed by atoms with Crippen molar-refractivity contribution < 1.29 is 4.79 Å². The van der Waals surface area contributed by atoms with Crippen LogP contribution in [0.25, 0.3) is 5.69 Å². The minimum Gasteiger partial charge on any atom is -0.342 e. The van der Waals surface area contributed by atoms with Crippen LogP contribution < -0.4 is 5.56 Å². The van der Waals surface area contributed by atoms with Gasteiger partial charge in [0.05, 0.1) is 22.0 Å². The number of fused-ring (bicyclic) bond motifs is 1. The first kappa shape index (κ1) is 19.9. The largest absolute Gasteiger partial charge is 0.342 e. The lowest BCUT2D eigenvalue weighted by molar-refractivity contribution is -0.128. The predicted octanol–water partition coefficient (Wildman–Crippen LogP) is 4.03. The summed E-state index contributed by atoms with van der Waals surface area (Å²) in [6.07, 6.45) is 5.32. The Hall–Kier alpha value is -1.44. The maximum absolute atomic E-state index is 13.1. The third-order valence-electron chi connectivity index (χ3n) is 5.03. The van der Waals surface area contributed by atoms with Crippen LogP contribution in [0.5, 0.6) is 0 Å². The number of aryl methyl sites for hydroxylation is 1. The molecule has 1 aromatic carbocycles. The van der Waals surface area contributed by atoms with Gasteiger partial charge in [-0.25, -0.2) is 4.98 Å². The molecule has 1 aromatic heterocycles. The van der Waals surface area contributed by atoms with E-state index in [9.17, 15) is 9.59 Å². The highest BCUT2D eigenvalue weighted by Gasteiger charge is 2.24. The van der Waals surface area contributed by atoms with E-state index in [-0.39, 0.29) is 11.5 Å². The number of carbonyl (C=O) groups excluding carboxylic acids is 1. The highest BCUT2D eigenvalue weighted by molar-refractivity contribution is 8.00. The second-order valence-electron chi connectivity index (χ2n) is 6.97. The summed E-state index contributed by atoms with van der Waals surface area (Å²) in [5.41, 5.74) is 1.52. The van der Waals surface area contributed by atoms with Crippen LogP contribution >= 0.6 is 35.1 Å². The average molecular weight is 436 g/mol. The van der Waals surface area contributed by atoms with E-state index in [2.05, 4.69) is 0 Å². The first-order valence-corrected chi connectivity index (χ1v) is 11.9. The molecule has 0 radical (unpaired) electrons. The fourth-order valence-corrected chi connectivity index (χ4v) is 5.63. The molecule has 3 heterocycles. The van der Waals surface area contributed by atoms with Crippen LogP contribution in [-0.2, 0) is 11.2 Å². The molecule has 5 nitrogen and oxygen atoms in total. The van der Waals surface area contributed by atoms with Crippen molar-refractivity contribution in [1.29, 1.82) is 0 Å². The molecule has 0 bridgehead atoms. The van der Waals surface area contributed by atoms with Crippen molar-refractivity contribution in [3.05, 3.63) is 45.3 Å². The zero-order chi connectivity index (χ0) is 19.5. The standard InChI is InChI=1S/C20H22ClN3O2S2/c21-14-5-7-15(8-6-14)24-19(26)18-16(9-12-27-18)22-20(24)28-13-17(25)23-10-3-1-2-4-11-23/h5-8H,1-4,9-13H2. The van der Waals surface area contributed by atoms with E-state index in [1.165, 1.54) is 24.6 Å². The molecule has 1 fully saturated rings. The van der Waals surface area contributed by atoms with Crippen molar-refractivity contribution in [3.8, 4) is 5.69 Å². The van der Waals surface area contributed by atoms with E-state index in [1.807, 2.05) is 17.0 Å². The molecule has 0 atom stereocenters. The van der Waals surface area contributed by atoms with Crippen molar-refractivity contribution in [2.75, 3.05) is 24.6 Å². The van der Waals surface area contributed by atoms with Crippen LogP contribution in [-0.4, -0.2) is 45.0 Å². The molecule has 2 aliphatic heterocycles. The fraction of sp³-hybridized carbons (Fsp3) is 0.450. The normalized spacial score (nSPS) is 16.7. The van der Waals surface area contributed by atoms with Gasteiger partial charge in [0.15, 0.2) is 5.16 Å². The number of aromatic nitrogens is 2. The Bertz CT molecular complexity index is 922. The van der Waals surface area contributed by atoms with Gasteiger partial charge in [-0.1, -0.05) is 36.2 Å². The molecule has 0 unspecified atom stereocenters. The molecule has 1 amide bonds. The zero-order valence-corrected chi connectivity index (χ0v) is 17.9. The minimum absolute atomic E-state index is 0.0560. The predicted molar refractivity (Wildman–Crippen MR) is 115 cm³/mol. The second kappa shape index (κ2) is 8.93. The lowest BCUT2D eigenvalue weighted by atomic mass is 10.2. The first-order valence-electron chi connectivity index (χ1n) is 9.59. The van der Waals surface area contributed by atoms with Crippen LogP contribution in [0.2, 0.25) is 5.02 Å². The molecule has 0 aliphatic carbocycles. The van der Waals surface area contributed by atoms with E-state index >= 15 is 0 Å². The topological polar surface area (TPSA) is 55.2 Å². The van der Waals surface area contributed by atoms with Gasteiger partial charge in [0.25, 0.3) is 5.56 Å². The number of benzene rings is 1. The number of halogens is 1. The molecule has 1 saturated heterocycles. The molecule has 148 valence electrons. The molecule has 2 aromatic rings. The molecule has 8 heteroatoms.